The Balaban J connectivity index is 3.00. The van der Waals surface area contributed by atoms with Crippen molar-refractivity contribution < 1.29 is 18.7 Å². The summed E-state index contributed by atoms with van der Waals surface area (Å²) < 4.78 is 22.7. The number of halogens is 1. The molecule has 0 saturated heterocycles. The Kier molecular flexibility index (Phi) is 3.62. The molecule has 1 rings (SSSR count). The molecular formula is C10H12FNO3. The third-order valence-corrected chi connectivity index (χ3v) is 2.00. The summed E-state index contributed by atoms with van der Waals surface area (Å²) in [5.41, 5.74) is 5.57. The normalized spacial score (nSPS) is 12.0. The monoisotopic (exact) mass is 213 g/mol. The Morgan fingerprint density at radius 1 is 1.47 bits per heavy atom. The maximum Gasteiger partial charge on any atom is 0.327 e. The summed E-state index contributed by atoms with van der Waals surface area (Å²) in [6.07, 6.45) is 0. The van der Waals surface area contributed by atoms with E-state index >= 15 is 0 Å². The predicted octanol–water partition coefficient (Wildman–Crippen LogP) is 1.01. The lowest BCUT2D eigenvalue weighted by Gasteiger charge is -2.11. The topological polar surface area (TPSA) is 61.5 Å². The molecule has 15 heavy (non-hydrogen) atoms. The van der Waals surface area contributed by atoms with E-state index in [0.717, 1.165) is 6.07 Å². The molecule has 0 saturated carbocycles. The Bertz CT molecular complexity index is 368. The van der Waals surface area contributed by atoms with E-state index in [1.54, 1.807) is 0 Å². The van der Waals surface area contributed by atoms with Crippen molar-refractivity contribution in [1.29, 1.82) is 0 Å². The van der Waals surface area contributed by atoms with Crippen LogP contribution in [0.3, 0.4) is 0 Å². The first-order valence-electron chi connectivity index (χ1n) is 4.27. The molecule has 1 atom stereocenters. The third kappa shape index (κ3) is 2.44. The molecule has 0 heterocycles. The van der Waals surface area contributed by atoms with Crippen molar-refractivity contribution >= 4 is 5.97 Å². The molecule has 0 aliphatic heterocycles. The van der Waals surface area contributed by atoms with Crippen molar-refractivity contribution in [3.8, 4) is 5.75 Å². The average Bonchev–Trinajstić information content (AvgIpc) is 2.26. The molecule has 0 radical (unpaired) electrons. The van der Waals surface area contributed by atoms with Crippen LogP contribution in [0.4, 0.5) is 4.39 Å². The molecule has 82 valence electrons. The number of methoxy groups -OCH3 is 2. The zero-order valence-corrected chi connectivity index (χ0v) is 8.49. The van der Waals surface area contributed by atoms with Crippen LogP contribution in [0.5, 0.6) is 5.75 Å². The third-order valence-electron chi connectivity index (χ3n) is 2.00. The second kappa shape index (κ2) is 4.75. The second-order valence-corrected chi connectivity index (χ2v) is 2.89. The zero-order chi connectivity index (χ0) is 11.4. The molecule has 0 bridgehead atoms. The van der Waals surface area contributed by atoms with Crippen molar-refractivity contribution in [3.63, 3.8) is 0 Å². The van der Waals surface area contributed by atoms with E-state index in [4.69, 9.17) is 10.5 Å². The van der Waals surface area contributed by atoms with E-state index in [1.807, 2.05) is 0 Å². The molecular weight excluding hydrogens is 201 g/mol. The summed E-state index contributed by atoms with van der Waals surface area (Å²) in [7, 11) is 2.62. The van der Waals surface area contributed by atoms with Crippen LogP contribution < -0.4 is 10.5 Å². The number of benzene rings is 1. The van der Waals surface area contributed by atoms with Crippen molar-refractivity contribution in [2.24, 2.45) is 5.73 Å². The number of rotatable bonds is 3. The van der Waals surface area contributed by atoms with Crippen molar-refractivity contribution in [2.45, 2.75) is 6.04 Å². The molecule has 5 heteroatoms. The van der Waals surface area contributed by atoms with Gasteiger partial charge in [-0.05, 0) is 6.07 Å². The van der Waals surface area contributed by atoms with Crippen molar-refractivity contribution in [3.05, 3.63) is 29.6 Å². The van der Waals surface area contributed by atoms with Crippen LogP contribution in [-0.2, 0) is 9.53 Å². The highest BCUT2D eigenvalue weighted by atomic mass is 19.1. The lowest BCUT2D eigenvalue weighted by Crippen LogP contribution is -2.23. The number of esters is 1. The minimum Gasteiger partial charge on any atom is -0.497 e. The maximum atomic E-state index is 13.4. The van der Waals surface area contributed by atoms with E-state index < -0.39 is 17.8 Å². The van der Waals surface area contributed by atoms with Gasteiger partial charge in [0.05, 0.1) is 14.2 Å². The van der Waals surface area contributed by atoms with Gasteiger partial charge in [0.25, 0.3) is 0 Å². The number of hydrogen-bond acceptors (Lipinski definition) is 4. The standard InChI is InChI=1S/C10H12FNO3/c1-14-6-3-4-7(8(11)5-6)9(12)10(13)15-2/h3-5,9H,12H2,1-2H3/t9-/m1/s1. The lowest BCUT2D eigenvalue weighted by atomic mass is 10.1. The molecule has 1 aromatic rings. The molecule has 0 amide bonds. The first-order chi connectivity index (χ1) is 7.10. The molecule has 0 fully saturated rings. The Labute approximate surface area is 86.8 Å². The number of carbonyl (C=O) groups excluding carboxylic acids is 1. The SMILES string of the molecule is COC(=O)[C@H](N)c1ccc(OC)cc1F. The minimum absolute atomic E-state index is 0.0858. The van der Waals surface area contributed by atoms with E-state index in [9.17, 15) is 9.18 Å². The van der Waals surface area contributed by atoms with Crippen LogP contribution in [-0.4, -0.2) is 20.2 Å². The van der Waals surface area contributed by atoms with Gasteiger partial charge in [-0.15, -0.1) is 0 Å². The fourth-order valence-corrected chi connectivity index (χ4v) is 1.14. The smallest absolute Gasteiger partial charge is 0.327 e. The summed E-state index contributed by atoms with van der Waals surface area (Å²) in [6, 6.07) is 2.98. The Morgan fingerprint density at radius 3 is 2.60 bits per heavy atom. The van der Waals surface area contributed by atoms with Crippen LogP contribution in [0, 0.1) is 5.82 Å². The maximum absolute atomic E-state index is 13.4. The molecule has 0 aliphatic rings. The first-order valence-corrected chi connectivity index (χ1v) is 4.27. The minimum atomic E-state index is -1.11. The largest absolute Gasteiger partial charge is 0.497 e. The fraction of sp³-hybridized carbons (Fsp3) is 0.300. The molecule has 0 unspecified atom stereocenters. The molecule has 0 aromatic heterocycles. The highest BCUT2D eigenvalue weighted by Crippen LogP contribution is 2.21. The van der Waals surface area contributed by atoms with Crippen LogP contribution in [0.2, 0.25) is 0 Å². The van der Waals surface area contributed by atoms with Gasteiger partial charge in [0.2, 0.25) is 0 Å². The van der Waals surface area contributed by atoms with Crippen LogP contribution >= 0.6 is 0 Å². The number of carbonyl (C=O) groups is 1. The molecule has 1 aromatic carbocycles. The fourth-order valence-electron chi connectivity index (χ4n) is 1.14. The second-order valence-electron chi connectivity index (χ2n) is 2.89. The Morgan fingerprint density at radius 2 is 2.13 bits per heavy atom. The van der Waals surface area contributed by atoms with Crippen molar-refractivity contribution in [1.82, 2.24) is 0 Å². The number of hydrogen-bond donors (Lipinski definition) is 1. The summed E-state index contributed by atoms with van der Waals surface area (Å²) in [5, 5.41) is 0. The van der Waals surface area contributed by atoms with Crippen molar-refractivity contribution in [2.75, 3.05) is 14.2 Å². The highest BCUT2D eigenvalue weighted by Gasteiger charge is 2.20. The van der Waals surface area contributed by atoms with Gasteiger partial charge >= 0.3 is 5.97 Å². The lowest BCUT2D eigenvalue weighted by molar-refractivity contribution is -0.142. The van der Waals surface area contributed by atoms with Gasteiger partial charge in [0.15, 0.2) is 0 Å². The van der Waals surface area contributed by atoms with Crippen LogP contribution in [0.15, 0.2) is 18.2 Å². The van der Waals surface area contributed by atoms with Gasteiger partial charge in [-0.1, -0.05) is 6.07 Å². The van der Waals surface area contributed by atoms with Crippen LogP contribution in [0.25, 0.3) is 0 Å². The molecule has 0 aliphatic carbocycles. The van der Waals surface area contributed by atoms with E-state index in [1.165, 1.54) is 26.4 Å². The van der Waals surface area contributed by atoms with Gasteiger partial charge in [0.1, 0.15) is 17.6 Å². The van der Waals surface area contributed by atoms with Gasteiger partial charge < -0.3 is 15.2 Å². The summed E-state index contributed by atoms with van der Waals surface area (Å²) in [5.74, 6) is -0.903. The molecule has 0 spiro atoms. The summed E-state index contributed by atoms with van der Waals surface area (Å²) in [4.78, 5) is 11.1. The van der Waals surface area contributed by atoms with Gasteiger partial charge in [-0.3, -0.25) is 4.79 Å². The predicted molar refractivity (Wildman–Crippen MR) is 51.9 cm³/mol. The average molecular weight is 213 g/mol. The van der Waals surface area contributed by atoms with Gasteiger partial charge in [-0.25, -0.2) is 4.39 Å². The van der Waals surface area contributed by atoms with E-state index in [2.05, 4.69) is 4.74 Å². The molecule has 4 nitrogen and oxygen atoms in total. The van der Waals surface area contributed by atoms with E-state index in [-0.39, 0.29) is 5.56 Å². The first kappa shape index (κ1) is 11.5. The number of nitrogens with two attached hydrogens (primary N) is 1. The summed E-state index contributed by atoms with van der Waals surface area (Å²) >= 11 is 0. The quantitative estimate of drug-likeness (QED) is 0.761. The zero-order valence-electron chi connectivity index (χ0n) is 8.49. The Hall–Kier alpha value is -1.62. The van der Waals surface area contributed by atoms with Gasteiger partial charge in [-0.2, -0.15) is 0 Å². The highest BCUT2D eigenvalue weighted by molar-refractivity contribution is 5.77. The molecule has 2 N–H and O–H groups in total. The van der Waals surface area contributed by atoms with E-state index in [0.29, 0.717) is 5.75 Å². The van der Waals surface area contributed by atoms with Gasteiger partial charge in [0, 0.05) is 11.6 Å². The van der Waals surface area contributed by atoms with Crippen LogP contribution in [0.1, 0.15) is 11.6 Å². The summed E-state index contributed by atoms with van der Waals surface area (Å²) in [6.45, 7) is 0. The number of ether oxygens (including phenoxy) is 2.